The second-order valence-corrected chi connectivity index (χ2v) is 17.5. The molecule has 0 spiro atoms. The van der Waals surface area contributed by atoms with Gasteiger partial charge in [0.05, 0.1) is 22.7 Å². The van der Waals surface area contributed by atoms with Crippen molar-refractivity contribution in [2.75, 3.05) is 14.7 Å². The summed E-state index contributed by atoms with van der Waals surface area (Å²) in [5.74, 6) is 0. The van der Waals surface area contributed by atoms with Gasteiger partial charge in [0.25, 0.3) is 0 Å². The third-order valence-corrected chi connectivity index (χ3v) is 13.1. The molecule has 1 aliphatic carbocycles. The van der Waals surface area contributed by atoms with Crippen molar-refractivity contribution in [2.24, 2.45) is 0 Å². The molecule has 3 nitrogen and oxygen atoms in total. The molecule has 312 valence electrons. The van der Waals surface area contributed by atoms with E-state index >= 15 is 0 Å². The highest BCUT2D eigenvalue weighted by Crippen LogP contribution is 2.53. The fraction of sp³-hybridized carbons (Fsp3) is 0.0645. The highest BCUT2D eigenvalue weighted by molar-refractivity contribution is 6.02. The molecule has 0 radical (unpaired) electrons. The van der Waals surface area contributed by atoms with E-state index in [4.69, 9.17) is 0 Å². The number of hydrogen-bond acceptors (Lipinski definition) is 3. The quantitative estimate of drug-likeness (QED) is 0.136. The summed E-state index contributed by atoms with van der Waals surface area (Å²) < 4.78 is 0. The lowest BCUT2D eigenvalue weighted by molar-refractivity contribution is 0.660. The molecule has 3 heteroatoms. The molecule has 0 amide bonds. The van der Waals surface area contributed by atoms with E-state index < -0.39 is 0 Å². The molecule has 11 rings (SSSR count). The summed E-state index contributed by atoms with van der Waals surface area (Å²) in [6.07, 6.45) is 0. The molecule has 0 saturated heterocycles. The maximum atomic E-state index is 2.50. The highest BCUT2D eigenvalue weighted by atomic mass is 15.2. The Balaban J connectivity index is 1.23. The summed E-state index contributed by atoms with van der Waals surface area (Å²) in [5.41, 5.74) is 18.4. The Kier molecular flexibility index (Phi) is 10.1. The van der Waals surface area contributed by atoms with Crippen molar-refractivity contribution in [2.45, 2.75) is 26.2 Å². The number of anilines is 9. The van der Waals surface area contributed by atoms with Crippen molar-refractivity contribution >= 4 is 62.0 Å². The van der Waals surface area contributed by atoms with Gasteiger partial charge in [0.2, 0.25) is 0 Å². The minimum absolute atomic E-state index is 0.199. The first kappa shape index (κ1) is 39.7. The molecule has 10 aromatic carbocycles. The van der Waals surface area contributed by atoms with Crippen LogP contribution in [0.25, 0.3) is 33.0 Å². The molecule has 0 fully saturated rings. The average Bonchev–Trinajstić information content (AvgIpc) is 3.59. The fourth-order valence-corrected chi connectivity index (χ4v) is 10.1. The van der Waals surface area contributed by atoms with Crippen LogP contribution in [-0.2, 0) is 5.41 Å². The van der Waals surface area contributed by atoms with Gasteiger partial charge in [-0.05, 0) is 136 Å². The zero-order valence-corrected chi connectivity index (χ0v) is 36.9. The Hall–Kier alpha value is -8.14. The van der Waals surface area contributed by atoms with Crippen LogP contribution in [-0.4, -0.2) is 0 Å². The second kappa shape index (κ2) is 16.5. The number of para-hydroxylation sites is 5. The third-order valence-electron chi connectivity index (χ3n) is 13.1. The van der Waals surface area contributed by atoms with Gasteiger partial charge in [-0.15, -0.1) is 0 Å². The lowest BCUT2D eigenvalue weighted by Crippen LogP contribution is -2.18. The minimum atomic E-state index is -0.199. The molecule has 0 N–H and O–H groups in total. The standard InChI is InChI=1S/C62H49N3/c1-44-22-20-36-58-61(44)57-39-38-50(43-59(57)62(58,2)3)65(60-37-19-18-34-56(60)55-35-21-24-45-23-16-17-33-54(45)55)53-41-51(63(46-25-8-4-9-26-46)47-27-10-5-11-28-47)40-52(42-53)64(48-29-12-6-13-30-48)49-31-14-7-15-32-49/h4-43H,1-3H3. The molecule has 0 saturated carbocycles. The first-order valence-corrected chi connectivity index (χ1v) is 22.5. The van der Waals surface area contributed by atoms with Gasteiger partial charge in [-0.1, -0.05) is 172 Å². The van der Waals surface area contributed by atoms with E-state index in [1.165, 1.54) is 44.2 Å². The van der Waals surface area contributed by atoms with Crippen LogP contribution < -0.4 is 14.7 Å². The van der Waals surface area contributed by atoms with E-state index in [1.807, 2.05) is 0 Å². The van der Waals surface area contributed by atoms with Gasteiger partial charge in [-0.2, -0.15) is 0 Å². The summed E-state index contributed by atoms with van der Waals surface area (Å²) in [6.45, 7) is 7.00. The monoisotopic (exact) mass is 835 g/mol. The summed E-state index contributed by atoms with van der Waals surface area (Å²) in [5, 5.41) is 2.43. The van der Waals surface area contributed by atoms with Gasteiger partial charge in [-0.25, -0.2) is 0 Å². The second-order valence-electron chi connectivity index (χ2n) is 17.5. The number of fused-ring (bicyclic) bond motifs is 4. The van der Waals surface area contributed by atoms with Crippen LogP contribution in [0.2, 0.25) is 0 Å². The Morgan fingerprint density at radius 2 is 0.769 bits per heavy atom. The van der Waals surface area contributed by atoms with E-state index in [1.54, 1.807) is 0 Å². The molecule has 10 aromatic rings. The lowest BCUT2D eigenvalue weighted by atomic mass is 9.82. The molecule has 0 heterocycles. The summed E-state index contributed by atoms with van der Waals surface area (Å²) >= 11 is 0. The Bertz CT molecular complexity index is 3120. The van der Waals surface area contributed by atoms with Crippen LogP contribution in [0, 0.1) is 6.92 Å². The normalized spacial score (nSPS) is 12.4. The molecule has 0 unspecified atom stereocenters. The molecule has 0 aliphatic heterocycles. The van der Waals surface area contributed by atoms with Crippen molar-refractivity contribution in [1.82, 2.24) is 0 Å². The maximum Gasteiger partial charge on any atom is 0.0540 e. The predicted molar refractivity (Wildman–Crippen MR) is 276 cm³/mol. The van der Waals surface area contributed by atoms with Crippen LogP contribution in [0.3, 0.4) is 0 Å². The zero-order chi connectivity index (χ0) is 43.9. The first-order valence-electron chi connectivity index (χ1n) is 22.5. The van der Waals surface area contributed by atoms with E-state index in [-0.39, 0.29) is 5.41 Å². The van der Waals surface area contributed by atoms with Crippen molar-refractivity contribution in [3.8, 4) is 22.3 Å². The molecule has 65 heavy (non-hydrogen) atoms. The Labute approximate surface area is 382 Å². The number of nitrogens with zero attached hydrogens (tertiary/aromatic N) is 3. The highest BCUT2D eigenvalue weighted by Gasteiger charge is 2.37. The molecule has 1 aliphatic rings. The SMILES string of the molecule is Cc1cccc2c1-c1ccc(N(c3cc(N(c4ccccc4)c4ccccc4)cc(N(c4ccccc4)c4ccccc4)c3)c3ccccc3-c3cccc4ccccc34)cc1C2(C)C. The summed E-state index contributed by atoms with van der Waals surface area (Å²) in [4.78, 5) is 7.25. The maximum absolute atomic E-state index is 2.50. The molecule has 0 bridgehead atoms. The molecular formula is C62H49N3. The van der Waals surface area contributed by atoms with Crippen LogP contribution in [0.15, 0.2) is 243 Å². The minimum Gasteiger partial charge on any atom is -0.310 e. The largest absolute Gasteiger partial charge is 0.310 e. The molecular weight excluding hydrogens is 787 g/mol. The fourth-order valence-electron chi connectivity index (χ4n) is 10.1. The Morgan fingerprint density at radius 1 is 0.308 bits per heavy atom. The summed E-state index contributed by atoms with van der Waals surface area (Å²) in [7, 11) is 0. The number of benzene rings is 10. The average molecular weight is 836 g/mol. The number of rotatable bonds is 10. The van der Waals surface area contributed by atoms with Crippen LogP contribution in [0.1, 0.15) is 30.5 Å². The van der Waals surface area contributed by atoms with Crippen molar-refractivity contribution < 1.29 is 0 Å². The van der Waals surface area contributed by atoms with Crippen LogP contribution >= 0.6 is 0 Å². The van der Waals surface area contributed by atoms with Gasteiger partial charge in [0.15, 0.2) is 0 Å². The van der Waals surface area contributed by atoms with Gasteiger partial charge in [0, 0.05) is 39.4 Å². The predicted octanol–water partition coefficient (Wildman–Crippen LogP) is 17.5. The van der Waals surface area contributed by atoms with Crippen molar-refractivity contribution in [3.63, 3.8) is 0 Å². The van der Waals surface area contributed by atoms with Crippen LogP contribution in [0.4, 0.5) is 51.2 Å². The third kappa shape index (κ3) is 7.12. The topological polar surface area (TPSA) is 9.72 Å². The summed E-state index contributed by atoms with van der Waals surface area (Å²) in [6, 6.07) is 88.2. The van der Waals surface area contributed by atoms with E-state index in [2.05, 4.69) is 278 Å². The van der Waals surface area contributed by atoms with Gasteiger partial charge >= 0.3 is 0 Å². The molecule has 0 aromatic heterocycles. The van der Waals surface area contributed by atoms with Crippen molar-refractivity contribution in [3.05, 3.63) is 259 Å². The number of aryl methyl sites for hydroxylation is 1. The van der Waals surface area contributed by atoms with E-state index in [9.17, 15) is 0 Å². The van der Waals surface area contributed by atoms with E-state index in [0.717, 1.165) is 56.7 Å². The van der Waals surface area contributed by atoms with Crippen LogP contribution in [0.5, 0.6) is 0 Å². The van der Waals surface area contributed by atoms with E-state index in [0.29, 0.717) is 0 Å². The Morgan fingerprint density at radius 3 is 1.35 bits per heavy atom. The van der Waals surface area contributed by atoms with Gasteiger partial charge in [0.1, 0.15) is 0 Å². The first-order chi connectivity index (χ1) is 31.9. The lowest BCUT2D eigenvalue weighted by Gasteiger charge is -2.34. The van der Waals surface area contributed by atoms with Gasteiger partial charge < -0.3 is 14.7 Å². The molecule has 0 atom stereocenters. The zero-order valence-electron chi connectivity index (χ0n) is 36.9. The smallest absolute Gasteiger partial charge is 0.0540 e. The number of hydrogen-bond donors (Lipinski definition) is 0. The van der Waals surface area contributed by atoms with Crippen molar-refractivity contribution in [1.29, 1.82) is 0 Å². The van der Waals surface area contributed by atoms with Gasteiger partial charge in [-0.3, -0.25) is 0 Å².